The average molecular weight is 494 g/mol. The van der Waals surface area contributed by atoms with Crippen LogP contribution in [0.5, 0.6) is 0 Å². The van der Waals surface area contributed by atoms with E-state index in [0.29, 0.717) is 11.0 Å². The Morgan fingerprint density at radius 1 is 0.853 bits per heavy atom. The van der Waals surface area contributed by atoms with Crippen molar-refractivity contribution in [1.29, 1.82) is 0 Å². The molecular formula is C20H11F9N4O. The molecule has 0 bridgehead atoms. The van der Waals surface area contributed by atoms with Crippen LogP contribution in [0.1, 0.15) is 17.0 Å². The summed E-state index contributed by atoms with van der Waals surface area (Å²) in [6.45, 7) is 4.39. The van der Waals surface area contributed by atoms with Crippen LogP contribution in [0.2, 0.25) is 0 Å². The molecule has 0 saturated carbocycles. The van der Waals surface area contributed by atoms with Crippen LogP contribution in [-0.2, 0) is 18.9 Å². The molecule has 0 spiro atoms. The highest BCUT2D eigenvalue weighted by molar-refractivity contribution is 5.62. The third kappa shape index (κ3) is 5.97. The lowest BCUT2D eigenvalue weighted by molar-refractivity contribution is -0.138. The smallest absolute Gasteiger partial charge is 0.416 e. The molecule has 0 fully saturated rings. The van der Waals surface area contributed by atoms with Gasteiger partial charge in [-0.2, -0.15) is 39.5 Å². The molecule has 1 aromatic heterocycles. The summed E-state index contributed by atoms with van der Waals surface area (Å²) in [6, 6.07) is 5.60. The topological polar surface area (TPSA) is 46.5 Å². The van der Waals surface area contributed by atoms with E-state index in [-0.39, 0.29) is 11.5 Å². The first-order valence-electron chi connectivity index (χ1n) is 9.08. The number of nitrogens with zero attached hydrogens (tertiary/aromatic N) is 4. The number of hydrogen-bond acceptors (Lipinski definition) is 4. The van der Waals surface area contributed by atoms with Gasteiger partial charge >= 0.3 is 18.5 Å². The van der Waals surface area contributed by atoms with Gasteiger partial charge < -0.3 is 9.32 Å². The molecule has 0 aliphatic heterocycles. The molecule has 3 aromatic rings. The van der Waals surface area contributed by atoms with Gasteiger partial charge in [0.1, 0.15) is 6.54 Å². The fourth-order valence-corrected chi connectivity index (χ4v) is 2.90. The van der Waals surface area contributed by atoms with E-state index in [1.807, 2.05) is 0 Å². The molecule has 34 heavy (non-hydrogen) atoms. The van der Waals surface area contributed by atoms with E-state index in [1.54, 1.807) is 0 Å². The SMILES string of the molecule is [C-]#[N+]c1ccc(N(Cc2nnc(-c3ccc(C(F)(F)F)cc3)o2)CC(F)(F)F)cc1C(F)(F)F. The standard InChI is InChI=1S/C20H11F9N4O/c1-30-15-7-6-13(8-14(15)20(27,28)29)33(10-18(21,22)23)9-16-31-32-17(34-16)11-2-4-12(5-3-11)19(24,25)26/h2-8H,9-10H2. The van der Waals surface area contributed by atoms with E-state index in [1.165, 1.54) is 0 Å². The summed E-state index contributed by atoms with van der Waals surface area (Å²) in [5, 5.41) is 7.13. The largest absolute Gasteiger partial charge is 0.419 e. The van der Waals surface area contributed by atoms with Gasteiger partial charge in [-0.1, -0.05) is 6.07 Å². The molecule has 5 nitrogen and oxygen atoms in total. The van der Waals surface area contributed by atoms with Gasteiger partial charge in [-0.3, -0.25) is 0 Å². The molecule has 0 saturated heterocycles. The van der Waals surface area contributed by atoms with Crippen molar-refractivity contribution in [2.75, 3.05) is 11.4 Å². The number of rotatable bonds is 5. The fourth-order valence-electron chi connectivity index (χ4n) is 2.90. The highest BCUT2D eigenvalue weighted by atomic mass is 19.4. The zero-order valence-corrected chi connectivity index (χ0v) is 16.6. The van der Waals surface area contributed by atoms with E-state index in [4.69, 9.17) is 11.0 Å². The van der Waals surface area contributed by atoms with Crippen LogP contribution in [0.25, 0.3) is 16.3 Å². The minimum atomic E-state index is -4.99. The third-order valence-electron chi connectivity index (χ3n) is 4.39. The number of benzene rings is 2. The van der Waals surface area contributed by atoms with Gasteiger partial charge in [-0.15, -0.1) is 10.2 Å². The number of alkyl halides is 9. The Hall–Kier alpha value is -3.76. The molecule has 0 unspecified atom stereocenters. The van der Waals surface area contributed by atoms with Crippen LogP contribution in [0, 0.1) is 6.57 Å². The monoisotopic (exact) mass is 494 g/mol. The molecule has 0 radical (unpaired) electrons. The highest BCUT2D eigenvalue weighted by Gasteiger charge is 2.36. The molecule has 0 amide bonds. The predicted octanol–water partition coefficient (Wildman–Crippen LogP) is 6.89. The normalized spacial score (nSPS) is 12.5. The maximum atomic E-state index is 13.2. The highest BCUT2D eigenvalue weighted by Crippen LogP contribution is 2.39. The van der Waals surface area contributed by atoms with Crippen molar-refractivity contribution in [3.63, 3.8) is 0 Å². The molecule has 0 N–H and O–H groups in total. The van der Waals surface area contributed by atoms with Crippen molar-refractivity contribution in [1.82, 2.24) is 10.2 Å². The molecule has 14 heteroatoms. The molecule has 0 atom stereocenters. The van der Waals surface area contributed by atoms with Crippen LogP contribution >= 0.6 is 0 Å². The van der Waals surface area contributed by atoms with Crippen LogP contribution in [0.3, 0.4) is 0 Å². The van der Waals surface area contributed by atoms with E-state index < -0.39 is 60.0 Å². The van der Waals surface area contributed by atoms with Gasteiger partial charge in [0, 0.05) is 11.3 Å². The fraction of sp³-hybridized carbons (Fsp3) is 0.250. The van der Waals surface area contributed by atoms with Crippen LogP contribution in [-0.4, -0.2) is 22.9 Å². The number of halogens is 9. The lowest BCUT2D eigenvalue weighted by atomic mass is 10.1. The number of anilines is 1. The third-order valence-corrected chi connectivity index (χ3v) is 4.39. The minimum Gasteiger partial charge on any atom is -0.419 e. The second-order valence-electron chi connectivity index (χ2n) is 6.86. The molecular weight excluding hydrogens is 483 g/mol. The van der Waals surface area contributed by atoms with Gasteiger partial charge in [0.2, 0.25) is 11.8 Å². The summed E-state index contributed by atoms with van der Waals surface area (Å²) in [5.74, 6) is -0.725. The summed E-state index contributed by atoms with van der Waals surface area (Å²) in [4.78, 5) is 3.23. The summed E-state index contributed by atoms with van der Waals surface area (Å²) >= 11 is 0. The molecule has 0 aliphatic carbocycles. The summed E-state index contributed by atoms with van der Waals surface area (Å²) in [5.41, 5.74) is -3.61. The van der Waals surface area contributed by atoms with Gasteiger partial charge in [-0.05, 0) is 36.4 Å². The van der Waals surface area contributed by atoms with E-state index in [2.05, 4.69) is 15.0 Å². The van der Waals surface area contributed by atoms with Crippen molar-refractivity contribution < 1.29 is 43.9 Å². The Kier molecular flexibility index (Phi) is 6.50. The first-order chi connectivity index (χ1) is 15.7. The Morgan fingerprint density at radius 2 is 1.50 bits per heavy atom. The first-order valence-corrected chi connectivity index (χ1v) is 9.08. The Bertz CT molecular complexity index is 1190. The number of hydrogen-bond donors (Lipinski definition) is 0. The predicted molar refractivity (Wildman–Crippen MR) is 99.5 cm³/mol. The quantitative estimate of drug-likeness (QED) is 0.286. The molecule has 3 rings (SSSR count). The van der Waals surface area contributed by atoms with Crippen molar-refractivity contribution in [2.24, 2.45) is 0 Å². The lowest BCUT2D eigenvalue weighted by Gasteiger charge is -2.25. The minimum absolute atomic E-state index is 0.0508. The summed E-state index contributed by atoms with van der Waals surface area (Å²) in [6.07, 6.45) is -14.4. The summed E-state index contributed by atoms with van der Waals surface area (Å²) < 4.78 is 122. The molecule has 1 heterocycles. The molecule has 0 aliphatic rings. The Morgan fingerprint density at radius 3 is 2.03 bits per heavy atom. The van der Waals surface area contributed by atoms with Gasteiger partial charge in [-0.25, -0.2) is 4.85 Å². The van der Waals surface area contributed by atoms with Crippen LogP contribution < -0.4 is 4.90 Å². The zero-order valence-electron chi connectivity index (χ0n) is 16.6. The van der Waals surface area contributed by atoms with E-state index in [9.17, 15) is 39.5 Å². The van der Waals surface area contributed by atoms with Crippen molar-refractivity contribution in [3.8, 4) is 11.5 Å². The van der Waals surface area contributed by atoms with Crippen molar-refractivity contribution >= 4 is 11.4 Å². The maximum absolute atomic E-state index is 13.2. The first kappa shape index (κ1) is 24.9. The van der Waals surface area contributed by atoms with E-state index in [0.717, 1.165) is 36.4 Å². The van der Waals surface area contributed by atoms with Crippen molar-refractivity contribution in [3.05, 3.63) is 70.9 Å². The van der Waals surface area contributed by atoms with Gasteiger partial charge in [0.05, 0.1) is 24.2 Å². The van der Waals surface area contributed by atoms with Gasteiger partial charge in [0.25, 0.3) is 0 Å². The Balaban J connectivity index is 1.92. The van der Waals surface area contributed by atoms with Crippen molar-refractivity contribution in [2.45, 2.75) is 25.1 Å². The van der Waals surface area contributed by atoms with Crippen LogP contribution in [0.15, 0.2) is 46.9 Å². The zero-order chi connectivity index (χ0) is 25.3. The second-order valence-corrected chi connectivity index (χ2v) is 6.86. The average Bonchev–Trinajstić information content (AvgIpc) is 3.19. The maximum Gasteiger partial charge on any atom is 0.416 e. The molecule has 2 aromatic carbocycles. The van der Waals surface area contributed by atoms with Gasteiger partial charge in [0.15, 0.2) is 5.69 Å². The van der Waals surface area contributed by atoms with Crippen LogP contribution in [0.4, 0.5) is 50.9 Å². The second kappa shape index (κ2) is 8.88. The molecule has 180 valence electrons. The number of aromatic nitrogens is 2. The Labute approximate surface area is 185 Å². The summed E-state index contributed by atoms with van der Waals surface area (Å²) in [7, 11) is 0. The van der Waals surface area contributed by atoms with E-state index >= 15 is 0 Å². The lowest BCUT2D eigenvalue weighted by Crippen LogP contribution is -2.34.